The van der Waals surface area contributed by atoms with Crippen LogP contribution in [0.15, 0.2) is 12.1 Å². The third kappa shape index (κ3) is 3.71. The Hall–Kier alpha value is -1.06. The summed E-state index contributed by atoms with van der Waals surface area (Å²) in [4.78, 5) is 0. The minimum atomic E-state index is 0.419. The van der Waals surface area contributed by atoms with Gasteiger partial charge in [0.1, 0.15) is 5.75 Å². The van der Waals surface area contributed by atoms with Crippen molar-refractivity contribution in [1.82, 2.24) is 5.32 Å². The maximum atomic E-state index is 9.76. The average Bonchev–Trinajstić information content (AvgIpc) is 3.14. The molecule has 2 N–H and O–H groups in total. The van der Waals surface area contributed by atoms with Crippen LogP contribution in [0.25, 0.3) is 0 Å². The molecule has 1 aromatic carbocycles. The number of benzene rings is 1. The van der Waals surface area contributed by atoms with Crippen LogP contribution in [0.1, 0.15) is 36.0 Å². The molecule has 0 amide bonds. The molecule has 106 valence electrons. The first-order valence-electron chi connectivity index (χ1n) is 7.05. The van der Waals surface area contributed by atoms with Crippen LogP contribution in [0.3, 0.4) is 0 Å². The van der Waals surface area contributed by atoms with E-state index >= 15 is 0 Å². The molecule has 0 atom stereocenters. The second-order valence-corrected chi connectivity index (χ2v) is 5.92. The molecule has 1 aliphatic rings. The van der Waals surface area contributed by atoms with Crippen LogP contribution in [0.5, 0.6) is 5.75 Å². The smallest absolute Gasteiger partial charge is 0.121 e. The van der Waals surface area contributed by atoms with Crippen LogP contribution in [-0.2, 0) is 11.3 Å². The average molecular weight is 263 g/mol. The zero-order valence-electron chi connectivity index (χ0n) is 12.3. The summed E-state index contributed by atoms with van der Waals surface area (Å²) in [6.45, 7) is 6.70. The largest absolute Gasteiger partial charge is 0.507 e. The molecule has 0 aliphatic heterocycles. The van der Waals surface area contributed by atoms with E-state index in [4.69, 9.17) is 4.74 Å². The fourth-order valence-electron chi connectivity index (χ4n) is 2.63. The van der Waals surface area contributed by atoms with Gasteiger partial charge in [0.25, 0.3) is 0 Å². The number of hydrogen-bond donors (Lipinski definition) is 2. The Labute approximate surface area is 116 Å². The van der Waals surface area contributed by atoms with Gasteiger partial charge in [-0.15, -0.1) is 0 Å². The van der Waals surface area contributed by atoms with E-state index in [1.165, 1.54) is 18.4 Å². The predicted molar refractivity (Wildman–Crippen MR) is 77.4 cm³/mol. The van der Waals surface area contributed by atoms with E-state index in [0.717, 1.165) is 37.2 Å². The van der Waals surface area contributed by atoms with Crippen molar-refractivity contribution >= 4 is 0 Å². The summed E-state index contributed by atoms with van der Waals surface area (Å²) >= 11 is 0. The van der Waals surface area contributed by atoms with Gasteiger partial charge in [0.2, 0.25) is 0 Å². The van der Waals surface area contributed by atoms with Gasteiger partial charge in [-0.2, -0.15) is 0 Å². The van der Waals surface area contributed by atoms with Crippen molar-refractivity contribution in [2.75, 3.05) is 20.3 Å². The van der Waals surface area contributed by atoms with Gasteiger partial charge in [-0.1, -0.05) is 12.1 Å². The van der Waals surface area contributed by atoms with Gasteiger partial charge in [0, 0.05) is 26.8 Å². The number of ether oxygens (including phenoxy) is 1. The first-order chi connectivity index (χ1) is 9.06. The highest BCUT2D eigenvalue weighted by molar-refractivity contribution is 5.42. The number of nitrogens with one attached hydrogen (secondary N) is 1. The van der Waals surface area contributed by atoms with Crippen LogP contribution in [0.4, 0.5) is 0 Å². The number of methoxy groups -OCH3 is 1. The molecule has 1 saturated carbocycles. The molecular weight excluding hydrogens is 238 g/mol. The first kappa shape index (κ1) is 14.4. The van der Waals surface area contributed by atoms with E-state index in [1.54, 1.807) is 7.11 Å². The third-order valence-corrected chi connectivity index (χ3v) is 4.17. The molecule has 0 bridgehead atoms. The fraction of sp³-hybridized carbons (Fsp3) is 0.625. The molecule has 0 radical (unpaired) electrons. The summed E-state index contributed by atoms with van der Waals surface area (Å²) in [6, 6.07) is 4.12. The van der Waals surface area contributed by atoms with E-state index in [2.05, 4.69) is 17.4 Å². The number of phenolic OH excluding ortho intramolecular Hbond substituents is 1. The van der Waals surface area contributed by atoms with E-state index in [0.29, 0.717) is 11.2 Å². The van der Waals surface area contributed by atoms with Gasteiger partial charge in [0.15, 0.2) is 0 Å². The number of phenols is 1. The van der Waals surface area contributed by atoms with Gasteiger partial charge in [-0.05, 0) is 55.2 Å². The zero-order valence-corrected chi connectivity index (χ0v) is 12.3. The standard InChI is InChI=1S/C16H25NO2/c1-12-8-14(9-13(2)15(12)18)10-17-11-16(4-5-16)6-7-19-3/h8-9,17-18H,4-7,10-11H2,1-3H3. The van der Waals surface area contributed by atoms with E-state index in [-0.39, 0.29) is 0 Å². The summed E-state index contributed by atoms with van der Waals surface area (Å²) in [6.07, 6.45) is 3.79. The number of aromatic hydroxyl groups is 1. The highest BCUT2D eigenvalue weighted by Gasteiger charge is 2.41. The van der Waals surface area contributed by atoms with Crippen molar-refractivity contribution in [2.24, 2.45) is 5.41 Å². The fourth-order valence-corrected chi connectivity index (χ4v) is 2.63. The lowest BCUT2D eigenvalue weighted by atomic mass is 10.0. The maximum Gasteiger partial charge on any atom is 0.121 e. The Morgan fingerprint density at radius 3 is 2.42 bits per heavy atom. The van der Waals surface area contributed by atoms with Gasteiger partial charge < -0.3 is 15.2 Å². The van der Waals surface area contributed by atoms with Crippen LogP contribution >= 0.6 is 0 Å². The second kappa shape index (κ2) is 5.93. The SMILES string of the molecule is COCCC1(CNCc2cc(C)c(O)c(C)c2)CC1. The van der Waals surface area contributed by atoms with Crippen LogP contribution in [0.2, 0.25) is 0 Å². The minimum Gasteiger partial charge on any atom is -0.507 e. The molecule has 19 heavy (non-hydrogen) atoms. The third-order valence-electron chi connectivity index (χ3n) is 4.17. The lowest BCUT2D eigenvalue weighted by Gasteiger charge is -2.16. The van der Waals surface area contributed by atoms with E-state index < -0.39 is 0 Å². The Morgan fingerprint density at radius 2 is 1.89 bits per heavy atom. The maximum absolute atomic E-state index is 9.76. The van der Waals surface area contributed by atoms with Crippen molar-refractivity contribution < 1.29 is 9.84 Å². The molecule has 3 heteroatoms. The van der Waals surface area contributed by atoms with Crippen molar-refractivity contribution in [2.45, 2.75) is 39.7 Å². The van der Waals surface area contributed by atoms with Crippen molar-refractivity contribution in [3.63, 3.8) is 0 Å². The predicted octanol–water partition coefficient (Wildman–Crippen LogP) is 2.92. The molecule has 1 aromatic rings. The summed E-state index contributed by atoms with van der Waals surface area (Å²) in [5, 5.41) is 13.3. The molecular formula is C16H25NO2. The quantitative estimate of drug-likeness (QED) is 0.795. The highest BCUT2D eigenvalue weighted by Crippen LogP contribution is 2.48. The number of hydrogen-bond acceptors (Lipinski definition) is 3. The van der Waals surface area contributed by atoms with Gasteiger partial charge in [0.05, 0.1) is 0 Å². The monoisotopic (exact) mass is 263 g/mol. The molecule has 0 aromatic heterocycles. The van der Waals surface area contributed by atoms with E-state index in [9.17, 15) is 5.11 Å². The summed E-state index contributed by atoms with van der Waals surface area (Å²) in [7, 11) is 1.77. The van der Waals surface area contributed by atoms with Crippen molar-refractivity contribution in [1.29, 1.82) is 0 Å². The zero-order chi connectivity index (χ0) is 13.9. The molecule has 0 heterocycles. The minimum absolute atomic E-state index is 0.419. The molecule has 3 nitrogen and oxygen atoms in total. The first-order valence-corrected chi connectivity index (χ1v) is 7.05. The molecule has 2 rings (SSSR count). The number of rotatable bonds is 7. The van der Waals surface area contributed by atoms with Gasteiger partial charge >= 0.3 is 0 Å². The van der Waals surface area contributed by atoms with Gasteiger partial charge in [-0.3, -0.25) is 0 Å². The Bertz CT molecular complexity index is 415. The molecule has 0 saturated heterocycles. The van der Waals surface area contributed by atoms with Crippen LogP contribution in [-0.4, -0.2) is 25.4 Å². The Balaban J connectivity index is 1.83. The van der Waals surface area contributed by atoms with E-state index in [1.807, 2.05) is 13.8 Å². The summed E-state index contributed by atoms with van der Waals surface area (Å²) in [5.74, 6) is 0.419. The lowest BCUT2D eigenvalue weighted by Crippen LogP contribution is -2.24. The van der Waals surface area contributed by atoms with Crippen molar-refractivity contribution in [3.05, 3.63) is 28.8 Å². The molecule has 1 aliphatic carbocycles. The summed E-state index contributed by atoms with van der Waals surface area (Å²) in [5.41, 5.74) is 3.64. The van der Waals surface area contributed by atoms with Gasteiger partial charge in [-0.25, -0.2) is 0 Å². The summed E-state index contributed by atoms with van der Waals surface area (Å²) < 4.78 is 5.17. The second-order valence-electron chi connectivity index (χ2n) is 5.92. The van der Waals surface area contributed by atoms with Crippen molar-refractivity contribution in [3.8, 4) is 5.75 Å². The Kier molecular flexibility index (Phi) is 4.48. The normalized spacial score (nSPS) is 16.6. The molecule has 0 unspecified atom stereocenters. The topological polar surface area (TPSA) is 41.5 Å². The molecule has 0 spiro atoms. The van der Waals surface area contributed by atoms with Crippen LogP contribution in [0, 0.1) is 19.3 Å². The van der Waals surface area contributed by atoms with Crippen LogP contribution < -0.4 is 5.32 Å². The lowest BCUT2D eigenvalue weighted by molar-refractivity contribution is 0.171. The molecule has 1 fully saturated rings. The number of aryl methyl sites for hydroxylation is 2. The Morgan fingerprint density at radius 1 is 1.26 bits per heavy atom. The highest BCUT2D eigenvalue weighted by atomic mass is 16.5.